The van der Waals surface area contributed by atoms with Gasteiger partial charge in [0.2, 0.25) is 23.5 Å². The van der Waals surface area contributed by atoms with E-state index in [1.807, 2.05) is 139 Å². The molecule has 0 fully saturated rings. The summed E-state index contributed by atoms with van der Waals surface area (Å²) >= 11 is 0. The number of aromatic nitrogens is 8. The topological polar surface area (TPSA) is 243 Å². The van der Waals surface area contributed by atoms with E-state index in [9.17, 15) is 24.3 Å². The van der Waals surface area contributed by atoms with Crippen LogP contribution in [0.25, 0.3) is 45.0 Å². The molecule has 0 saturated carbocycles. The largest absolute Gasteiger partial charge is 1.00 e. The number of esters is 1. The maximum atomic E-state index is 13.0. The normalized spacial score (nSPS) is 11.3. The van der Waals surface area contributed by atoms with Crippen molar-refractivity contribution in [2.45, 2.75) is 120 Å². The molecule has 2 aromatic heterocycles. The van der Waals surface area contributed by atoms with Gasteiger partial charge in [0.15, 0.2) is 0 Å². The second-order valence-electron chi connectivity index (χ2n) is 16.4. The summed E-state index contributed by atoms with van der Waals surface area (Å²) in [6.07, 6.45) is 4.08. The number of hydrogen-bond acceptors (Lipinski definition) is 12. The van der Waals surface area contributed by atoms with Crippen molar-refractivity contribution in [1.29, 1.82) is 0 Å². The second-order valence-corrected chi connectivity index (χ2v) is 16.4. The number of amides is 2. The third-order valence-electron chi connectivity index (χ3n) is 11.0. The van der Waals surface area contributed by atoms with E-state index in [1.165, 1.54) is 12.0 Å². The molecule has 0 spiro atoms. The van der Waals surface area contributed by atoms with Crippen molar-refractivity contribution in [3.63, 3.8) is 0 Å². The van der Waals surface area contributed by atoms with Gasteiger partial charge in [0.05, 0.1) is 7.11 Å². The van der Waals surface area contributed by atoms with Gasteiger partial charge in [0, 0.05) is 37.1 Å². The summed E-state index contributed by atoms with van der Waals surface area (Å²) in [5, 5.41) is 38.4. The molecule has 2 atom stereocenters. The number of benzene rings is 4. The number of carbonyl (C=O) groups excluding carboxylic acids is 3. The average molecular weight is 957 g/mol. The minimum absolute atomic E-state index is 0. The predicted octanol–water partition coefficient (Wildman–Crippen LogP) is 6.51. The van der Waals surface area contributed by atoms with Gasteiger partial charge in [-0.2, -0.15) is 10.4 Å². The first-order chi connectivity index (χ1) is 31.4. The zero-order chi connectivity index (χ0) is 46.9. The Morgan fingerprint density at radius 1 is 0.594 bits per heavy atom. The number of ether oxygens (including phenoxy) is 1. The molecule has 2 heterocycles. The van der Waals surface area contributed by atoms with Gasteiger partial charge >= 0.3 is 41.5 Å². The monoisotopic (exact) mass is 957 g/mol. The summed E-state index contributed by atoms with van der Waals surface area (Å²) < 4.78 is 5.02. The number of nitrogens with one attached hydrogen (secondary N) is 2. The Balaban J connectivity index is 0.000000652. The summed E-state index contributed by atoms with van der Waals surface area (Å²) in [5.74, 6) is -0.745. The van der Waals surface area contributed by atoms with Crippen LogP contribution in [0.1, 0.15) is 106 Å². The fraction of sp³-hybridized carbons (Fsp3) is 0.412. The van der Waals surface area contributed by atoms with Crippen LogP contribution in [0.4, 0.5) is 0 Å². The third kappa shape index (κ3) is 16.5. The number of carboxylic acid groups (broad SMARTS) is 1. The van der Waals surface area contributed by atoms with Crippen LogP contribution >= 0.6 is 0 Å². The van der Waals surface area contributed by atoms with Crippen molar-refractivity contribution in [3.8, 4) is 45.0 Å². The van der Waals surface area contributed by atoms with E-state index in [0.29, 0.717) is 31.0 Å². The minimum atomic E-state index is -0.976. The average Bonchev–Trinajstić information content (AvgIpc) is 4.06. The number of unbranched alkanes of at least 4 members (excludes halogenated alkanes) is 2. The van der Waals surface area contributed by atoms with Gasteiger partial charge in [0.25, 0.3) is 0 Å². The molecule has 17 nitrogen and oxygen atoms in total. The van der Waals surface area contributed by atoms with Crippen LogP contribution < -0.4 is 29.6 Å². The molecule has 4 N–H and O–H groups in total. The molecule has 0 aliphatic carbocycles. The van der Waals surface area contributed by atoms with Crippen molar-refractivity contribution in [2.75, 3.05) is 7.11 Å². The number of carboxylic acids is 1. The first kappa shape index (κ1) is 60.9. The number of hydrogen-bond donors (Lipinski definition) is 3. The first-order valence-electron chi connectivity index (χ1n) is 22.1. The minimum Gasteiger partial charge on any atom is -0.870 e. The van der Waals surface area contributed by atoms with E-state index in [0.717, 1.165) is 70.2 Å². The van der Waals surface area contributed by atoms with Gasteiger partial charge < -0.3 is 25.1 Å². The van der Waals surface area contributed by atoms with E-state index in [2.05, 4.69) is 41.2 Å². The molecule has 0 aliphatic heterocycles. The summed E-state index contributed by atoms with van der Waals surface area (Å²) in [6.45, 7) is 12.2. The number of nitrogens with zero attached hydrogens (tertiary/aromatic N) is 8. The molecule has 0 radical (unpaired) electrons. The third-order valence-corrected chi connectivity index (χ3v) is 11.0. The summed E-state index contributed by atoms with van der Waals surface area (Å²) in [6, 6.07) is 29.9. The van der Waals surface area contributed by atoms with Crippen LogP contribution in [0.15, 0.2) is 97.1 Å². The van der Waals surface area contributed by atoms with E-state index >= 15 is 0 Å². The van der Waals surface area contributed by atoms with Crippen molar-refractivity contribution in [3.05, 3.63) is 108 Å². The molecule has 0 bridgehead atoms. The van der Waals surface area contributed by atoms with E-state index in [-0.39, 0.29) is 86.1 Å². The van der Waals surface area contributed by atoms with Crippen LogP contribution in [0.3, 0.4) is 0 Å². The van der Waals surface area contributed by atoms with Crippen LogP contribution in [-0.4, -0.2) is 105 Å². The number of rotatable bonds is 20. The van der Waals surface area contributed by atoms with Gasteiger partial charge in [-0.25, -0.2) is 9.59 Å². The van der Waals surface area contributed by atoms with Gasteiger partial charge in [-0.15, -0.1) is 20.4 Å². The summed E-state index contributed by atoms with van der Waals surface area (Å²) in [4.78, 5) is 53.5. The van der Waals surface area contributed by atoms with E-state index in [4.69, 9.17) is 4.74 Å². The molecule has 69 heavy (non-hydrogen) atoms. The standard InChI is InChI=1S/C25H31N5O3.C24H29N5O3.2CH4.Na.H2O/c1-5-6-11-22(31)30(23(17(2)3)25(32)33-4)16-18-12-14-19(15-13-18)20-9-7-8-10-21(20)24-26-28-29-27-24;1-4-5-10-21(30)29(22(16(2)3)24(31)32)15-17-11-13-18(14-12-17)19-8-6-7-9-20(19)23-25-27-28-26-23;;;;/h7-10,12-15,17,23H,5-6,11,16H2,1-4H3,(H,26,27,28,29);6-9,11-14,16,22H,4-5,10,15H2,1-3H3,(H,31,32)(H,25,26,27,28);2*1H4;;1H2/q;;;;+1;/p-1/t23-;22-;;;;/m00..../s1. The smallest absolute Gasteiger partial charge is 0.870 e. The Bertz CT molecular complexity index is 2430. The Hall–Kier alpha value is -6.14. The van der Waals surface area contributed by atoms with Gasteiger partial charge in [-0.1, -0.05) is 166 Å². The molecular formula is C51H69N10NaO7. The molecule has 6 rings (SSSR count). The van der Waals surface area contributed by atoms with Crippen molar-refractivity contribution < 1.29 is 64.1 Å². The number of aliphatic carboxylic acids is 1. The summed E-state index contributed by atoms with van der Waals surface area (Å²) in [5.41, 5.74) is 7.46. The number of aromatic amines is 2. The number of H-pyrrole nitrogens is 2. The van der Waals surface area contributed by atoms with Gasteiger partial charge in [-0.3, -0.25) is 9.59 Å². The summed E-state index contributed by atoms with van der Waals surface area (Å²) in [7, 11) is 1.36. The van der Waals surface area contributed by atoms with Crippen LogP contribution in [0, 0.1) is 11.8 Å². The molecule has 2 amide bonds. The maximum absolute atomic E-state index is 13.0. The van der Waals surface area contributed by atoms with Gasteiger partial charge in [0.1, 0.15) is 12.1 Å². The zero-order valence-electron chi connectivity index (χ0n) is 39.7. The number of tetrazole rings is 2. The van der Waals surface area contributed by atoms with Crippen molar-refractivity contribution in [2.24, 2.45) is 11.8 Å². The molecule has 0 saturated heterocycles. The fourth-order valence-corrected chi connectivity index (χ4v) is 7.67. The number of methoxy groups -OCH3 is 1. The van der Waals surface area contributed by atoms with E-state index < -0.39 is 18.1 Å². The zero-order valence-corrected chi connectivity index (χ0v) is 41.7. The molecule has 18 heteroatoms. The predicted molar refractivity (Wildman–Crippen MR) is 263 cm³/mol. The van der Waals surface area contributed by atoms with Crippen molar-refractivity contribution >= 4 is 23.8 Å². The first-order valence-corrected chi connectivity index (χ1v) is 22.1. The molecule has 0 unspecified atom stereocenters. The van der Waals surface area contributed by atoms with E-state index in [1.54, 1.807) is 4.90 Å². The fourth-order valence-electron chi connectivity index (χ4n) is 7.67. The Morgan fingerprint density at radius 2 is 0.957 bits per heavy atom. The van der Waals surface area contributed by atoms with Crippen molar-refractivity contribution in [1.82, 2.24) is 51.0 Å². The Kier molecular flexibility index (Phi) is 26.8. The van der Waals surface area contributed by atoms with Crippen LogP contribution in [0.2, 0.25) is 0 Å². The quantitative estimate of drug-likeness (QED) is 0.0547. The second kappa shape index (κ2) is 30.4. The number of carbonyl (C=O) groups is 4. The maximum Gasteiger partial charge on any atom is 1.00 e. The molecule has 4 aromatic carbocycles. The Labute approximate surface area is 428 Å². The Morgan fingerprint density at radius 3 is 1.26 bits per heavy atom. The van der Waals surface area contributed by atoms with Gasteiger partial charge in [-0.05, 0) is 68.5 Å². The molecular weight excluding hydrogens is 888 g/mol. The van der Waals surface area contributed by atoms with Crippen LogP contribution in [-0.2, 0) is 37.0 Å². The molecule has 6 aromatic rings. The molecule has 366 valence electrons. The molecule has 0 aliphatic rings. The SMILES string of the molecule is C.C.CCCCC(=O)N(Cc1ccc(-c2ccccc2-c2nn[nH]n2)cc1)[C@H](C(=O)O)C(C)C.CCCCC(=O)N(Cc1ccc(-c2ccccc2-c2nn[nH]n2)cc1)[C@H](C(=O)OC)C(C)C.[Na+].[OH-]. The van der Waals surface area contributed by atoms with Crippen LogP contribution in [0.5, 0.6) is 0 Å².